The molecule has 1 aromatic carbocycles. The lowest BCUT2D eigenvalue weighted by molar-refractivity contribution is -0.0998. The van der Waals surface area contributed by atoms with Crippen LogP contribution in [0.15, 0.2) is 29.1 Å². The Morgan fingerprint density at radius 1 is 1.23 bits per heavy atom. The molecule has 1 saturated heterocycles. The first-order chi connectivity index (χ1) is 10.8. The third kappa shape index (κ3) is 2.42. The van der Waals surface area contributed by atoms with Crippen molar-refractivity contribution in [2.24, 2.45) is 0 Å². The first-order valence-electron chi connectivity index (χ1n) is 8.01. The Morgan fingerprint density at radius 3 is 3.05 bits per heavy atom. The van der Waals surface area contributed by atoms with Gasteiger partial charge in [-0.2, -0.15) is 4.68 Å². The van der Waals surface area contributed by atoms with E-state index in [4.69, 9.17) is 4.74 Å². The van der Waals surface area contributed by atoms with Gasteiger partial charge >= 0.3 is 0 Å². The number of hydrogen-bond donors (Lipinski definition) is 0. The predicted octanol–water partition coefficient (Wildman–Crippen LogP) is 1.39. The topological polar surface area (TPSA) is 60.2 Å². The molecule has 2 fully saturated rings. The van der Waals surface area contributed by atoms with Crippen molar-refractivity contribution >= 4 is 10.9 Å². The molecule has 0 N–H and O–H groups in total. The molecular weight excluding hydrogens is 280 g/mol. The molecule has 116 valence electrons. The second-order valence-corrected chi connectivity index (χ2v) is 6.13. The van der Waals surface area contributed by atoms with Crippen molar-refractivity contribution in [2.45, 2.75) is 44.5 Å². The van der Waals surface area contributed by atoms with E-state index in [-0.39, 0.29) is 5.56 Å². The van der Waals surface area contributed by atoms with Crippen LogP contribution in [0.4, 0.5) is 0 Å². The lowest BCUT2D eigenvalue weighted by Gasteiger charge is -2.43. The summed E-state index contributed by atoms with van der Waals surface area (Å²) in [6, 6.07) is 7.77. The van der Waals surface area contributed by atoms with Crippen LogP contribution in [-0.4, -0.2) is 45.2 Å². The molecule has 0 spiro atoms. The van der Waals surface area contributed by atoms with Crippen LogP contribution < -0.4 is 5.56 Å². The fraction of sp³-hybridized carbons (Fsp3) is 0.562. The van der Waals surface area contributed by atoms with Crippen molar-refractivity contribution in [3.05, 3.63) is 34.6 Å². The summed E-state index contributed by atoms with van der Waals surface area (Å²) in [5.74, 6) is 0. The maximum atomic E-state index is 12.6. The van der Waals surface area contributed by atoms with E-state index in [9.17, 15) is 4.79 Å². The summed E-state index contributed by atoms with van der Waals surface area (Å²) < 4.78 is 7.37. The molecule has 1 aromatic heterocycles. The van der Waals surface area contributed by atoms with Gasteiger partial charge in [0.05, 0.1) is 24.8 Å². The zero-order chi connectivity index (χ0) is 14.9. The highest BCUT2D eigenvalue weighted by molar-refractivity contribution is 5.76. The summed E-state index contributed by atoms with van der Waals surface area (Å²) in [5, 5.41) is 8.91. The third-order valence-electron chi connectivity index (χ3n) is 4.79. The van der Waals surface area contributed by atoms with Crippen LogP contribution in [0, 0.1) is 0 Å². The minimum absolute atomic E-state index is 0.0653. The fourth-order valence-corrected chi connectivity index (χ4v) is 3.64. The molecular formula is C16H20N4O2. The molecule has 4 rings (SSSR count). The summed E-state index contributed by atoms with van der Waals surface area (Å²) in [4.78, 5) is 14.9. The van der Waals surface area contributed by atoms with Crippen LogP contribution in [-0.2, 0) is 11.4 Å². The molecule has 2 aromatic rings. The summed E-state index contributed by atoms with van der Waals surface area (Å²) in [6.45, 7) is 2.08. The van der Waals surface area contributed by atoms with Crippen LogP contribution in [0.1, 0.15) is 25.7 Å². The molecule has 2 atom stereocenters. The highest BCUT2D eigenvalue weighted by Crippen LogP contribution is 2.28. The van der Waals surface area contributed by atoms with Crippen LogP contribution >= 0.6 is 0 Å². The molecule has 2 heterocycles. The quantitative estimate of drug-likeness (QED) is 0.839. The fourth-order valence-electron chi connectivity index (χ4n) is 3.64. The van der Waals surface area contributed by atoms with Crippen LogP contribution in [0.5, 0.6) is 0 Å². The first-order valence-corrected chi connectivity index (χ1v) is 8.01. The minimum Gasteiger partial charge on any atom is -0.375 e. The van der Waals surface area contributed by atoms with Gasteiger partial charge in [0.25, 0.3) is 5.56 Å². The smallest absolute Gasteiger partial charge is 0.278 e. The molecule has 0 unspecified atom stereocenters. The Labute approximate surface area is 128 Å². The van der Waals surface area contributed by atoms with Gasteiger partial charge in [0.1, 0.15) is 5.52 Å². The van der Waals surface area contributed by atoms with E-state index in [1.54, 1.807) is 0 Å². The zero-order valence-electron chi connectivity index (χ0n) is 12.5. The van der Waals surface area contributed by atoms with E-state index in [1.807, 2.05) is 24.3 Å². The van der Waals surface area contributed by atoms with Gasteiger partial charge in [-0.05, 0) is 25.0 Å². The van der Waals surface area contributed by atoms with Crippen LogP contribution in [0.2, 0.25) is 0 Å². The molecule has 1 saturated carbocycles. The van der Waals surface area contributed by atoms with E-state index in [2.05, 4.69) is 15.2 Å². The summed E-state index contributed by atoms with van der Waals surface area (Å²) in [5.41, 5.74) is 0.589. The van der Waals surface area contributed by atoms with Gasteiger partial charge < -0.3 is 4.74 Å². The molecule has 22 heavy (non-hydrogen) atoms. The van der Waals surface area contributed by atoms with Gasteiger partial charge in [-0.3, -0.25) is 9.69 Å². The number of nitrogens with zero attached hydrogens (tertiary/aromatic N) is 4. The average molecular weight is 300 g/mol. The Bertz CT molecular complexity index is 727. The summed E-state index contributed by atoms with van der Waals surface area (Å²) in [6.07, 6.45) is 5.05. The van der Waals surface area contributed by atoms with Gasteiger partial charge in [-0.1, -0.05) is 30.2 Å². The van der Waals surface area contributed by atoms with Gasteiger partial charge in [0.15, 0.2) is 0 Å². The largest absolute Gasteiger partial charge is 0.375 e. The lowest BCUT2D eigenvalue weighted by Crippen LogP contribution is -2.53. The van der Waals surface area contributed by atoms with Gasteiger partial charge in [-0.25, -0.2) is 0 Å². The standard InChI is InChI=1S/C16H20N4O2/c21-16-12-5-1-2-6-13(12)17-18-20(16)11-19-9-10-22-15-8-4-3-7-14(15)19/h1-2,5-6,14-15H,3-4,7-11H2/t14-,15+/m1/s1. The highest BCUT2D eigenvalue weighted by atomic mass is 16.5. The highest BCUT2D eigenvalue weighted by Gasteiger charge is 2.34. The van der Waals surface area contributed by atoms with E-state index < -0.39 is 0 Å². The molecule has 6 nitrogen and oxygen atoms in total. The summed E-state index contributed by atoms with van der Waals surface area (Å²) in [7, 11) is 0. The first kappa shape index (κ1) is 13.8. The van der Waals surface area contributed by atoms with Crippen molar-refractivity contribution < 1.29 is 4.74 Å². The molecule has 6 heteroatoms. The maximum Gasteiger partial charge on any atom is 0.278 e. The average Bonchev–Trinajstić information content (AvgIpc) is 2.58. The van der Waals surface area contributed by atoms with Crippen molar-refractivity contribution in [2.75, 3.05) is 13.2 Å². The molecule has 0 bridgehead atoms. The SMILES string of the molecule is O=c1c2ccccc2nnn1CN1CCO[C@H]2CCCC[C@H]21. The van der Waals surface area contributed by atoms with E-state index in [0.717, 1.165) is 26.0 Å². The monoisotopic (exact) mass is 300 g/mol. The number of rotatable bonds is 2. The van der Waals surface area contributed by atoms with Crippen molar-refractivity contribution in [1.82, 2.24) is 19.9 Å². The zero-order valence-corrected chi connectivity index (χ0v) is 12.5. The molecule has 1 aliphatic heterocycles. The second kappa shape index (κ2) is 5.78. The molecule has 2 aliphatic rings. The maximum absolute atomic E-state index is 12.6. The normalized spacial score (nSPS) is 26.0. The van der Waals surface area contributed by atoms with Crippen LogP contribution in [0.25, 0.3) is 10.9 Å². The van der Waals surface area contributed by atoms with E-state index in [1.165, 1.54) is 17.5 Å². The van der Waals surface area contributed by atoms with Crippen molar-refractivity contribution in [3.63, 3.8) is 0 Å². The van der Waals surface area contributed by atoms with E-state index >= 15 is 0 Å². The number of benzene rings is 1. The number of hydrogen-bond acceptors (Lipinski definition) is 5. The Balaban J connectivity index is 1.62. The second-order valence-electron chi connectivity index (χ2n) is 6.13. The molecule has 1 aliphatic carbocycles. The number of fused-ring (bicyclic) bond motifs is 2. The van der Waals surface area contributed by atoms with Crippen molar-refractivity contribution in [3.8, 4) is 0 Å². The van der Waals surface area contributed by atoms with E-state index in [0.29, 0.717) is 29.7 Å². The minimum atomic E-state index is -0.0653. The molecule has 0 amide bonds. The van der Waals surface area contributed by atoms with Crippen molar-refractivity contribution in [1.29, 1.82) is 0 Å². The van der Waals surface area contributed by atoms with Gasteiger partial charge in [-0.15, -0.1) is 5.10 Å². The Kier molecular flexibility index (Phi) is 3.63. The number of morpholine rings is 1. The lowest BCUT2D eigenvalue weighted by atomic mass is 9.90. The number of ether oxygens (including phenoxy) is 1. The Morgan fingerprint density at radius 2 is 2.09 bits per heavy atom. The number of aromatic nitrogens is 3. The Hall–Kier alpha value is -1.79. The van der Waals surface area contributed by atoms with Gasteiger partial charge in [0, 0.05) is 12.6 Å². The van der Waals surface area contributed by atoms with Gasteiger partial charge in [0.2, 0.25) is 0 Å². The van der Waals surface area contributed by atoms with Crippen LogP contribution in [0.3, 0.4) is 0 Å². The summed E-state index contributed by atoms with van der Waals surface area (Å²) >= 11 is 0. The molecule has 0 radical (unpaired) electrons. The third-order valence-corrected chi connectivity index (χ3v) is 4.79. The predicted molar refractivity (Wildman–Crippen MR) is 82.5 cm³/mol.